The number of halogens is 1. The van der Waals surface area contributed by atoms with Crippen molar-refractivity contribution in [1.82, 2.24) is 0 Å². The van der Waals surface area contributed by atoms with Gasteiger partial charge in [0.2, 0.25) is 0 Å². The molecule has 0 amide bonds. The van der Waals surface area contributed by atoms with Gasteiger partial charge in [0.25, 0.3) is 0 Å². The molecule has 0 aromatic heterocycles. The maximum Gasteiger partial charge on any atom is 0.107 e. The van der Waals surface area contributed by atoms with Crippen LogP contribution in [0.1, 0.15) is 25.8 Å². The number of hydrogen-bond acceptors (Lipinski definition) is 2. The molecular weight excluding hydrogens is 191 g/mol. The normalized spacial score (nSPS) is 10.8. The van der Waals surface area contributed by atoms with E-state index in [1.807, 2.05) is 18.2 Å². The van der Waals surface area contributed by atoms with Crippen LogP contribution in [0.2, 0.25) is 0 Å². The Morgan fingerprint density at radius 3 is 2.40 bits per heavy atom. The summed E-state index contributed by atoms with van der Waals surface area (Å²) in [6, 6.07) is 9.17. The topological polar surface area (TPSA) is 35.8 Å². The van der Waals surface area contributed by atoms with E-state index in [-0.39, 0.29) is 0 Å². The number of nitriles is 1. The van der Waals surface area contributed by atoms with Gasteiger partial charge in [0, 0.05) is 12.2 Å². The second-order valence-electron chi connectivity index (χ2n) is 4.08. The van der Waals surface area contributed by atoms with Gasteiger partial charge in [-0.25, -0.2) is 4.39 Å². The fourth-order valence-corrected chi connectivity index (χ4v) is 1.17. The highest BCUT2D eigenvalue weighted by Gasteiger charge is 2.13. The zero-order chi connectivity index (χ0) is 11.3. The van der Waals surface area contributed by atoms with E-state index in [4.69, 9.17) is 5.26 Å². The lowest BCUT2D eigenvalue weighted by Crippen LogP contribution is -2.17. The fraction of sp³-hybridized carbons (Fsp3) is 0.417. The van der Waals surface area contributed by atoms with Gasteiger partial charge < -0.3 is 5.32 Å². The molecule has 0 aliphatic heterocycles. The summed E-state index contributed by atoms with van der Waals surface area (Å²) in [6.07, 6.45) is 0.465. The van der Waals surface area contributed by atoms with Crippen LogP contribution < -0.4 is 5.32 Å². The molecule has 0 fully saturated rings. The molecule has 1 N–H and O–H groups in total. The van der Waals surface area contributed by atoms with Crippen LogP contribution in [0, 0.1) is 11.3 Å². The third-order valence-electron chi connectivity index (χ3n) is 2.06. The molecule has 0 radical (unpaired) electrons. The molecule has 0 aliphatic carbocycles. The summed E-state index contributed by atoms with van der Waals surface area (Å²) in [6.45, 7) is 3.72. The molecule has 0 saturated carbocycles. The number of benzene rings is 1. The van der Waals surface area contributed by atoms with E-state index in [0.29, 0.717) is 18.5 Å². The van der Waals surface area contributed by atoms with E-state index in [0.717, 1.165) is 5.69 Å². The van der Waals surface area contributed by atoms with Crippen LogP contribution in [-0.2, 0) is 0 Å². The molecule has 2 nitrogen and oxygen atoms in total. The number of rotatable bonds is 4. The van der Waals surface area contributed by atoms with Gasteiger partial charge in [-0.3, -0.25) is 0 Å². The second kappa shape index (κ2) is 4.79. The van der Waals surface area contributed by atoms with Gasteiger partial charge in [0.05, 0.1) is 11.6 Å². The molecular formula is C12H15FN2. The van der Waals surface area contributed by atoms with Gasteiger partial charge in [-0.2, -0.15) is 5.26 Å². The summed E-state index contributed by atoms with van der Waals surface area (Å²) >= 11 is 0. The van der Waals surface area contributed by atoms with Crippen molar-refractivity contribution in [1.29, 1.82) is 5.26 Å². The lowest BCUT2D eigenvalue weighted by Gasteiger charge is -2.14. The highest BCUT2D eigenvalue weighted by atomic mass is 19.1. The average molecular weight is 206 g/mol. The maximum absolute atomic E-state index is 13.1. The van der Waals surface area contributed by atoms with E-state index in [1.54, 1.807) is 26.0 Å². The molecule has 0 unspecified atom stereocenters. The second-order valence-corrected chi connectivity index (χ2v) is 4.08. The van der Waals surface area contributed by atoms with Crippen molar-refractivity contribution >= 4 is 5.69 Å². The summed E-state index contributed by atoms with van der Waals surface area (Å²) in [4.78, 5) is 0. The summed E-state index contributed by atoms with van der Waals surface area (Å²) in [7, 11) is 0. The first-order valence-electron chi connectivity index (χ1n) is 4.94. The summed E-state index contributed by atoms with van der Waals surface area (Å²) in [5.41, 5.74) is 0.407. The van der Waals surface area contributed by atoms with Crippen molar-refractivity contribution in [3.8, 4) is 6.07 Å². The zero-order valence-electron chi connectivity index (χ0n) is 9.05. The number of nitrogens with zero attached hydrogens (tertiary/aromatic N) is 1. The van der Waals surface area contributed by atoms with Crippen LogP contribution in [0.4, 0.5) is 10.1 Å². The number of alkyl halides is 1. The Kier molecular flexibility index (Phi) is 3.68. The Balaban J connectivity index is 2.42. The Morgan fingerprint density at radius 1 is 1.33 bits per heavy atom. The van der Waals surface area contributed by atoms with E-state index < -0.39 is 5.67 Å². The molecule has 15 heavy (non-hydrogen) atoms. The Labute approximate surface area is 89.7 Å². The SMILES string of the molecule is CC(C)(F)CCNc1ccc(C#N)cc1. The largest absolute Gasteiger partial charge is 0.385 e. The third kappa shape index (κ3) is 4.46. The first kappa shape index (κ1) is 11.5. The van der Waals surface area contributed by atoms with E-state index in [9.17, 15) is 4.39 Å². The van der Waals surface area contributed by atoms with Crippen LogP contribution >= 0.6 is 0 Å². The first-order chi connectivity index (χ1) is 7.01. The Bertz CT molecular complexity index is 343. The minimum absolute atomic E-state index is 0.465. The maximum atomic E-state index is 13.1. The molecule has 1 aromatic carbocycles. The van der Waals surface area contributed by atoms with Crippen molar-refractivity contribution in [2.75, 3.05) is 11.9 Å². The predicted molar refractivity (Wildman–Crippen MR) is 59.5 cm³/mol. The van der Waals surface area contributed by atoms with E-state index >= 15 is 0 Å². The molecule has 0 spiro atoms. The quantitative estimate of drug-likeness (QED) is 0.821. The fourth-order valence-electron chi connectivity index (χ4n) is 1.17. The van der Waals surface area contributed by atoms with E-state index in [2.05, 4.69) is 5.32 Å². The van der Waals surface area contributed by atoms with E-state index in [1.165, 1.54) is 0 Å². The summed E-state index contributed by atoms with van der Waals surface area (Å²) < 4.78 is 13.1. The van der Waals surface area contributed by atoms with Crippen LogP contribution in [0.15, 0.2) is 24.3 Å². The zero-order valence-corrected chi connectivity index (χ0v) is 9.05. The standard InChI is InChI=1S/C12H15FN2/c1-12(2,13)7-8-15-11-5-3-10(9-14)4-6-11/h3-6,15H,7-8H2,1-2H3. The average Bonchev–Trinajstić information content (AvgIpc) is 2.17. The van der Waals surface area contributed by atoms with Crippen molar-refractivity contribution in [3.63, 3.8) is 0 Å². The summed E-state index contributed by atoms with van der Waals surface area (Å²) in [5, 5.41) is 11.7. The monoisotopic (exact) mass is 206 g/mol. The molecule has 0 saturated heterocycles. The number of hydrogen-bond donors (Lipinski definition) is 1. The van der Waals surface area contributed by atoms with Crippen LogP contribution in [-0.4, -0.2) is 12.2 Å². The van der Waals surface area contributed by atoms with Crippen LogP contribution in [0.25, 0.3) is 0 Å². The molecule has 3 heteroatoms. The van der Waals surface area contributed by atoms with Crippen LogP contribution in [0.5, 0.6) is 0 Å². The highest BCUT2D eigenvalue weighted by Crippen LogP contribution is 2.14. The predicted octanol–water partition coefficient (Wildman–Crippen LogP) is 3.11. The molecule has 1 rings (SSSR count). The van der Waals surface area contributed by atoms with Gasteiger partial charge >= 0.3 is 0 Å². The molecule has 0 heterocycles. The number of nitrogens with one attached hydrogen (secondary N) is 1. The van der Waals surface area contributed by atoms with Gasteiger partial charge in [0.1, 0.15) is 5.67 Å². The molecule has 0 bridgehead atoms. The third-order valence-corrected chi connectivity index (χ3v) is 2.06. The first-order valence-corrected chi connectivity index (χ1v) is 4.94. The van der Waals surface area contributed by atoms with Crippen LogP contribution in [0.3, 0.4) is 0 Å². The Hall–Kier alpha value is -1.56. The minimum Gasteiger partial charge on any atom is -0.385 e. The summed E-state index contributed by atoms with van der Waals surface area (Å²) in [5.74, 6) is 0. The van der Waals surface area contributed by atoms with Gasteiger partial charge in [-0.05, 0) is 44.5 Å². The Morgan fingerprint density at radius 2 is 1.93 bits per heavy atom. The molecule has 0 aliphatic rings. The van der Waals surface area contributed by atoms with Crippen molar-refractivity contribution in [3.05, 3.63) is 29.8 Å². The van der Waals surface area contributed by atoms with Crippen molar-refractivity contribution in [2.24, 2.45) is 0 Å². The van der Waals surface area contributed by atoms with Crippen molar-refractivity contribution < 1.29 is 4.39 Å². The lowest BCUT2D eigenvalue weighted by molar-refractivity contribution is 0.207. The minimum atomic E-state index is -1.14. The molecule has 0 atom stereocenters. The number of anilines is 1. The molecule has 1 aromatic rings. The van der Waals surface area contributed by atoms with Gasteiger partial charge in [-0.15, -0.1) is 0 Å². The van der Waals surface area contributed by atoms with Gasteiger partial charge in [0.15, 0.2) is 0 Å². The highest BCUT2D eigenvalue weighted by molar-refractivity contribution is 5.47. The van der Waals surface area contributed by atoms with Gasteiger partial charge in [-0.1, -0.05) is 0 Å². The molecule has 80 valence electrons. The smallest absolute Gasteiger partial charge is 0.107 e. The lowest BCUT2D eigenvalue weighted by atomic mass is 10.1. The van der Waals surface area contributed by atoms with Crippen molar-refractivity contribution in [2.45, 2.75) is 25.9 Å².